The van der Waals surface area contributed by atoms with Crippen molar-refractivity contribution in [2.75, 3.05) is 0 Å². The summed E-state index contributed by atoms with van der Waals surface area (Å²) in [7, 11) is 0. The third-order valence-corrected chi connectivity index (χ3v) is 3.20. The molecule has 0 aliphatic heterocycles. The van der Waals surface area contributed by atoms with Crippen LogP contribution in [0.25, 0.3) is 23.1 Å². The van der Waals surface area contributed by atoms with E-state index in [4.69, 9.17) is 0 Å². The number of hydrogen-bond donors (Lipinski definition) is 0. The van der Waals surface area contributed by atoms with Gasteiger partial charge in [-0.15, -0.1) is 0 Å². The second kappa shape index (κ2) is 5.54. The zero-order valence-corrected chi connectivity index (χ0v) is 11.1. The molecule has 0 amide bonds. The van der Waals surface area contributed by atoms with Crippen molar-refractivity contribution in [1.29, 1.82) is 0 Å². The topological polar surface area (TPSA) is 56.0 Å². The second-order valence-corrected chi connectivity index (χ2v) is 4.61. The molecule has 0 saturated heterocycles. The molecule has 0 radical (unpaired) electrons. The number of rotatable bonds is 3. The maximum Gasteiger partial charge on any atom is 0.276 e. The Bertz CT molecular complexity index is 841. The number of benzene rings is 2. The molecule has 0 fully saturated rings. The molecule has 0 N–H and O–H groups in total. The van der Waals surface area contributed by atoms with Crippen molar-refractivity contribution in [3.8, 4) is 0 Å². The Morgan fingerprint density at radius 2 is 1.76 bits per heavy atom. The number of para-hydroxylation sites is 2. The zero-order chi connectivity index (χ0) is 14.7. The predicted molar refractivity (Wildman–Crippen MR) is 83.8 cm³/mol. The van der Waals surface area contributed by atoms with Gasteiger partial charge in [0.15, 0.2) is 0 Å². The van der Waals surface area contributed by atoms with Gasteiger partial charge in [0.05, 0.1) is 16.0 Å². The van der Waals surface area contributed by atoms with E-state index in [9.17, 15) is 10.1 Å². The minimum atomic E-state index is -0.377. The van der Waals surface area contributed by atoms with Gasteiger partial charge in [0.1, 0.15) is 0 Å². The Morgan fingerprint density at radius 1 is 1.00 bits per heavy atom. The first-order valence-corrected chi connectivity index (χ1v) is 6.50. The number of pyridine rings is 1. The fraction of sp³-hybridized carbons (Fsp3) is 0. The van der Waals surface area contributed by atoms with Gasteiger partial charge in [-0.25, -0.2) is 0 Å². The second-order valence-electron chi connectivity index (χ2n) is 4.61. The molecule has 2 aromatic carbocycles. The third-order valence-electron chi connectivity index (χ3n) is 3.20. The molecule has 102 valence electrons. The summed E-state index contributed by atoms with van der Waals surface area (Å²) in [6, 6.07) is 16.5. The van der Waals surface area contributed by atoms with Crippen LogP contribution in [0.2, 0.25) is 0 Å². The first kappa shape index (κ1) is 13.0. The largest absolute Gasteiger partial charge is 0.276 e. The molecule has 21 heavy (non-hydrogen) atoms. The Hall–Kier alpha value is -3.01. The Labute approximate surface area is 121 Å². The van der Waals surface area contributed by atoms with E-state index in [1.807, 2.05) is 36.4 Å². The SMILES string of the molecule is O=[N+]([O-])c1ccccc1/C=C/c1cnc2ccccc2c1. The molecule has 4 nitrogen and oxygen atoms in total. The molecule has 4 heteroatoms. The van der Waals surface area contributed by atoms with Crippen LogP contribution in [0.1, 0.15) is 11.1 Å². The highest BCUT2D eigenvalue weighted by atomic mass is 16.6. The number of hydrogen-bond acceptors (Lipinski definition) is 3. The fourth-order valence-electron chi connectivity index (χ4n) is 2.16. The van der Waals surface area contributed by atoms with E-state index in [-0.39, 0.29) is 10.6 Å². The van der Waals surface area contributed by atoms with Crippen LogP contribution in [0.3, 0.4) is 0 Å². The molecule has 0 bridgehead atoms. The molecule has 3 aromatic rings. The van der Waals surface area contributed by atoms with Gasteiger partial charge in [0, 0.05) is 17.6 Å². The fourth-order valence-corrected chi connectivity index (χ4v) is 2.16. The normalized spacial score (nSPS) is 11.0. The molecule has 0 saturated carbocycles. The highest BCUT2D eigenvalue weighted by Crippen LogP contribution is 2.21. The first-order valence-electron chi connectivity index (χ1n) is 6.50. The summed E-state index contributed by atoms with van der Waals surface area (Å²) < 4.78 is 0. The van der Waals surface area contributed by atoms with Crippen LogP contribution in [-0.4, -0.2) is 9.91 Å². The summed E-state index contributed by atoms with van der Waals surface area (Å²) >= 11 is 0. The van der Waals surface area contributed by atoms with Gasteiger partial charge < -0.3 is 0 Å². The van der Waals surface area contributed by atoms with E-state index < -0.39 is 0 Å². The number of nitrogens with zero attached hydrogens (tertiary/aromatic N) is 2. The summed E-state index contributed by atoms with van der Waals surface area (Å²) in [6.45, 7) is 0. The molecular formula is C17H12N2O2. The molecule has 1 aromatic heterocycles. The number of nitro benzene ring substituents is 1. The van der Waals surface area contributed by atoms with Gasteiger partial charge in [0.25, 0.3) is 5.69 Å². The lowest BCUT2D eigenvalue weighted by Gasteiger charge is -1.99. The molecule has 1 heterocycles. The van der Waals surface area contributed by atoms with Crippen molar-refractivity contribution in [1.82, 2.24) is 4.98 Å². The van der Waals surface area contributed by atoms with Crippen LogP contribution in [0.4, 0.5) is 5.69 Å². The first-order chi connectivity index (χ1) is 10.2. The van der Waals surface area contributed by atoms with Crippen molar-refractivity contribution < 1.29 is 4.92 Å². The van der Waals surface area contributed by atoms with Gasteiger partial charge >= 0.3 is 0 Å². The third kappa shape index (κ3) is 2.79. The highest BCUT2D eigenvalue weighted by molar-refractivity contribution is 5.82. The van der Waals surface area contributed by atoms with Crippen LogP contribution in [0.5, 0.6) is 0 Å². The van der Waals surface area contributed by atoms with E-state index in [0.717, 1.165) is 16.5 Å². The van der Waals surface area contributed by atoms with Crippen LogP contribution in [0, 0.1) is 10.1 Å². The van der Waals surface area contributed by atoms with Crippen molar-refractivity contribution in [3.05, 3.63) is 82.0 Å². The van der Waals surface area contributed by atoms with Crippen LogP contribution >= 0.6 is 0 Å². The van der Waals surface area contributed by atoms with Gasteiger partial charge in [-0.3, -0.25) is 15.1 Å². The summed E-state index contributed by atoms with van der Waals surface area (Å²) in [5.41, 5.74) is 2.52. The minimum Gasteiger partial charge on any atom is -0.258 e. The van der Waals surface area contributed by atoms with Gasteiger partial charge in [-0.1, -0.05) is 36.4 Å². The van der Waals surface area contributed by atoms with E-state index in [1.54, 1.807) is 30.5 Å². The summed E-state index contributed by atoms with van der Waals surface area (Å²) in [5, 5.41) is 12.0. The number of fused-ring (bicyclic) bond motifs is 1. The van der Waals surface area contributed by atoms with Crippen molar-refractivity contribution >= 4 is 28.7 Å². The predicted octanol–water partition coefficient (Wildman–Crippen LogP) is 4.31. The molecule has 0 spiro atoms. The maximum atomic E-state index is 11.0. The molecule has 0 atom stereocenters. The Balaban J connectivity index is 1.96. The van der Waals surface area contributed by atoms with Gasteiger partial charge in [-0.05, 0) is 29.8 Å². The van der Waals surface area contributed by atoms with Crippen LogP contribution in [-0.2, 0) is 0 Å². The Kier molecular flexibility index (Phi) is 3.43. The molecule has 0 aliphatic rings. The van der Waals surface area contributed by atoms with Crippen molar-refractivity contribution in [3.63, 3.8) is 0 Å². The summed E-state index contributed by atoms with van der Waals surface area (Å²) in [6.07, 6.45) is 5.33. The van der Waals surface area contributed by atoms with E-state index >= 15 is 0 Å². The van der Waals surface area contributed by atoms with Crippen LogP contribution < -0.4 is 0 Å². The molecular weight excluding hydrogens is 264 g/mol. The van der Waals surface area contributed by atoms with Crippen molar-refractivity contribution in [2.45, 2.75) is 0 Å². The summed E-state index contributed by atoms with van der Waals surface area (Å²) in [4.78, 5) is 15.0. The van der Waals surface area contributed by atoms with Gasteiger partial charge in [0.2, 0.25) is 0 Å². The molecule has 3 rings (SSSR count). The Morgan fingerprint density at radius 3 is 2.62 bits per heavy atom. The lowest BCUT2D eigenvalue weighted by molar-refractivity contribution is -0.385. The molecule has 0 unspecified atom stereocenters. The smallest absolute Gasteiger partial charge is 0.258 e. The summed E-state index contributed by atoms with van der Waals surface area (Å²) in [5.74, 6) is 0. The number of nitro groups is 1. The standard InChI is InChI=1S/C17H12N2O2/c20-19(21)17-8-4-2-5-14(17)10-9-13-11-15-6-1-3-7-16(15)18-12-13/h1-12H/b10-9+. The van der Waals surface area contributed by atoms with Gasteiger partial charge in [-0.2, -0.15) is 0 Å². The van der Waals surface area contributed by atoms with Crippen molar-refractivity contribution in [2.24, 2.45) is 0 Å². The van der Waals surface area contributed by atoms with Crippen LogP contribution in [0.15, 0.2) is 60.8 Å². The maximum absolute atomic E-state index is 11.0. The lowest BCUT2D eigenvalue weighted by Crippen LogP contribution is -1.90. The van der Waals surface area contributed by atoms with E-state index in [2.05, 4.69) is 4.98 Å². The monoisotopic (exact) mass is 276 g/mol. The number of aromatic nitrogens is 1. The highest BCUT2D eigenvalue weighted by Gasteiger charge is 2.09. The minimum absolute atomic E-state index is 0.0995. The average molecular weight is 276 g/mol. The zero-order valence-electron chi connectivity index (χ0n) is 11.1. The molecule has 0 aliphatic carbocycles. The van der Waals surface area contributed by atoms with E-state index in [1.165, 1.54) is 6.07 Å². The lowest BCUT2D eigenvalue weighted by atomic mass is 10.1. The van der Waals surface area contributed by atoms with E-state index in [0.29, 0.717) is 5.56 Å². The quantitative estimate of drug-likeness (QED) is 0.529. The average Bonchev–Trinajstić information content (AvgIpc) is 2.53.